The lowest BCUT2D eigenvalue weighted by Crippen LogP contribution is -2.44. The Bertz CT molecular complexity index is 764. The van der Waals surface area contributed by atoms with Gasteiger partial charge in [-0.3, -0.25) is 0 Å². The van der Waals surface area contributed by atoms with Gasteiger partial charge in [-0.25, -0.2) is 4.79 Å². The number of hydrogen-bond donors (Lipinski definition) is 0. The van der Waals surface area contributed by atoms with Crippen LogP contribution in [0.4, 0.5) is 0 Å². The van der Waals surface area contributed by atoms with E-state index in [9.17, 15) is 4.79 Å². The Balaban J connectivity index is 1.83. The summed E-state index contributed by atoms with van der Waals surface area (Å²) < 4.78 is 11.9. The third-order valence-corrected chi connectivity index (χ3v) is 4.75. The molecule has 0 amide bonds. The fourth-order valence-corrected chi connectivity index (χ4v) is 3.56. The van der Waals surface area contributed by atoms with Gasteiger partial charge in [0, 0.05) is 0 Å². The van der Waals surface area contributed by atoms with E-state index in [1.807, 2.05) is 67.6 Å². The Morgan fingerprint density at radius 1 is 1.00 bits per heavy atom. The van der Waals surface area contributed by atoms with Gasteiger partial charge in [-0.2, -0.15) is 0 Å². The Labute approximate surface area is 135 Å². The molecule has 2 aliphatic rings. The van der Waals surface area contributed by atoms with Crippen LogP contribution < -0.4 is 0 Å². The Hall–Kier alpha value is -2.39. The second-order valence-electron chi connectivity index (χ2n) is 6.12. The summed E-state index contributed by atoms with van der Waals surface area (Å²) in [6, 6.07) is 19.7. The number of rotatable bonds is 2. The average molecular weight is 306 g/mol. The van der Waals surface area contributed by atoms with E-state index in [0.29, 0.717) is 12.2 Å². The maximum absolute atomic E-state index is 12.5. The molecular weight excluding hydrogens is 288 g/mol. The molecule has 4 rings (SSSR count). The largest absolute Gasteiger partial charge is 0.451 e. The Morgan fingerprint density at radius 2 is 1.65 bits per heavy atom. The zero-order valence-corrected chi connectivity index (χ0v) is 13.0. The zero-order valence-electron chi connectivity index (χ0n) is 13.0. The SMILES string of the molecule is C[C@]1(c2ccccc2)OCCC2=C(c3ccccc3)C(=O)O[C@H]21. The van der Waals surface area contributed by atoms with Crippen LogP contribution in [-0.4, -0.2) is 18.7 Å². The topological polar surface area (TPSA) is 35.5 Å². The molecule has 2 aromatic rings. The molecule has 2 aromatic carbocycles. The summed E-state index contributed by atoms with van der Waals surface area (Å²) >= 11 is 0. The second kappa shape index (κ2) is 5.36. The van der Waals surface area contributed by atoms with Crippen LogP contribution >= 0.6 is 0 Å². The van der Waals surface area contributed by atoms with Crippen LogP contribution in [0, 0.1) is 0 Å². The number of fused-ring (bicyclic) bond motifs is 1. The normalized spacial score (nSPS) is 26.8. The Morgan fingerprint density at radius 3 is 2.35 bits per heavy atom. The van der Waals surface area contributed by atoms with Crippen molar-refractivity contribution in [2.24, 2.45) is 0 Å². The highest BCUT2D eigenvalue weighted by molar-refractivity contribution is 6.19. The Kier molecular flexibility index (Phi) is 3.31. The molecule has 0 aliphatic carbocycles. The predicted molar refractivity (Wildman–Crippen MR) is 87.6 cm³/mol. The van der Waals surface area contributed by atoms with E-state index in [-0.39, 0.29) is 12.1 Å². The van der Waals surface area contributed by atoms with Crippen molar-refractivity contribution in [3.8, 4) is 0 Å². The van der Waals surface area contributed by atoms with Crippen molar-refractivity contribution < 1.29 is 14.3 Å². The molecule has 3 nitrogen and oxygen atoms in total. The average Bonchev–Trinajstić information content (AvgIpc) is 2.94. The van der Waals surface area contributed by atoms with E-state index >= 15 is 0 Å². The van der Waals surface area contributed by atoms with Crippen molar-refractivity contribution in [3.05, 3.63) is 77.4 Å². The first-order valence-electron chi connectivity index (χ1n) is 7.89. The van der Waals surface area contributed by atoms with Gasteiger partial charge in [0.15, 0.2) is 6.10 Å². The van der Waals surface area contributed by atoms with Gasteiger partial charge in [0.25, 0.3) is 0 Å². The van der Waals surface area contributed by atoms with E-state index < -0.39 is 5.60 Å². The molecule has 1 saturated heterocycles. The van der Waals surface area contributed by atoms with Crippen molar-refractivity contribution in [2.75, 3.05) is 6.61 Å². The third-order valence-electron chi connectivity index (χ3n) is 4.75. The van der Waals surface area contributed by atoms with Gasteiger partial charge in [0.1, 0.15) is 5.60 Å². The lowest BCUT2D eigenvalue weighted by Gasteiger charge is -2.40. The van der Waals surface area contributed by atoms with E-state index in [4.69, 9.17) is 9.47 Å². The maximum Gasteiger partial charge on any atom is 0.339 e. The molecule has 0 radical (unpaired) electrons. The summed E-state index contributed by atoms with van der Waals surface area (Å²) in [5.74, 6) is -0.246. The third kappa shape index (κ3) is 2.20. The predicted octanol–water partition coefficient (Wildman–Crippen LogP) is 3.70. The number of ether oxygens (including phenoxy) is 2. The highest BCUT2D eigenvalue weighted by atomic mass is 16.6. The molecule has 1 fully saturated rings. The van der Waals surface area contributed by atoms with Crippen LogP contribution in [0.3, 0.4) is 0 Å². The van der Waals surface area contributed by atoms with Crippen molar-refractivity contribution >= 4 is 11.5 Å². The summed E-state index contributed by atoms with van der Waals surface area (Å²) in [4.78, 5) is 12.5. The summed E-state index contributed by atoms with van der Waals surface area (Å²) in [6.45, 7) is 2.59. The van der Waals surface area contributed by atoms with Crippen molar-refractivity contribution in [1.82, 2.24) is 0 Å². The number of hydrogen-bond acceptors (Lipinski definition) is 3. The number of carbonyl (C=O) groups is 1. The summed E-state index contributed by atoms with van der Waals surface area (Å²) in [7, 11) is 0. The van der Waals surface area contributed by atoms with Gasteiger partial charge in [0.05, 0.1) is 12.2 Å². The molecule has 2 heterocycles. The molecule has 2 aliphatic heterocycles. The van der Waals surface area contributed by atoms with Gasteiger partial charge < -0.3 is 9.47 Å². The van der Waals surface area contributed by atoms with Crippen molar-refractivity contribution in [2.45, 2.75) is 25.0 Å². The second-order valence-corrected chi connectivity index (χ2v) is 6.12. The highest BCUT2D eigenvalue weighted by Gasteiger charge is 2.50. The minimum atomic E-state index is -0.638. The highest BCUT2D eigenvalue weighted by Crippen LogP contribution is 2.46. The molecule has 0 bridgehead atoms. The van der Waals surface area contributed by atoms with Crippen LogP contribution in [0.5, 0.6) is 0 Å². The number of carbonyl (C=O) groups excluding carboxylic acids is 1. The van der Waals surface area contributed by atoms with Crippen LogP contribution in [-0.2, 0) is 19.9 Å². The van der Waals surface area contributed by atoms with Gasteiger partial charge in [0.2, 0.25) is 0 Å². The molecule has 0 aromatic heterocycles. The smallest absolute Gasteiger partial charge is 0.339 e. The standard InChI is InChI=1S/C20H18O3/c1-20(15-10-6-3-7-11-15)18-16(12-13-22-20)17(19(21)23-18)14-8-4-2-5-9-14/h2-11,18H,12-13H2,1H3/t18-,20-/m1/s1. The van der Waals surface area contributed by atoms with E-state index in [1.54, 1.807) is 0 Å². The monoisotopic (exact) mass is 306 g/mol. The van der Waals surface area contributed by atoms with Crippen LogP contribution in [0.15, 0.2) is 66.2 Å². The van der Waals surface area contributed by atoms with Gasteiger partial charge in [-0.1, -0.05) is 60.7 Å². The molecule has 2 atom stereocenters. The molecule has 23 heavy (non-hydrogen) atoms. The first-order valence-corrected chi connectivity index (χ1v) is 7.89. The van der Waals surface area contributed by atoms with Crippen LogP contribution in [0.25, 0.3) is 5.57 Å². The van der Waals surface area contributed by atoms with E-state index in [0.717, 1.165) is 23.1 Å². The van der Waals surface area contributed by atoms with Gasteiger partial charge in [-0.05, 0) is 30.0 Å². The molecule has 0 spiro atoms. The quantitative estimate of drug-likeness (QED) is 0.794. The molecule has 0 N–H and O–H groups in total. The first kappa shape index (κ1) is 14.2. The molecule has 116 valence electrons. The summed E-state index contributed by atoms with van der Waals surface area (Å²) in [6.07, 6.45) is 0.365. The lowest BCUT2D eigenvalue weighted by molar-refractivity contribution is -0.163. The molecule has 0 saturated carbocycles. The van der Waals surface area contributed by atoms with E-state index in [2.05, 4.69) is 0 Å². The fourth-order valence-electron chi connectivity index (χ4n) is 3.56. The number of benzene rings is 2. The lowest BCUT2D eigenvalue weighted by atomic mass is 9.81. The minimum Gasteiger partial charge on any atom is -0.451 e. The molecule has 0 unspecified atom stereocenters. The fraction of sp³-hybridized carbons (Fsp3) is 0.250. The summed E-state index contributed by atoms with van der Waals surface area (Å²) in [5.41, 5.74) is 3.08. The van der Waals surface area contributed by atoms with Gasteiger partial charge in [-0.15, -0.1) is 0 Å². The van der Waals surface area contributed by atoms with Gasteiger partial charge >= 0.3 is 5.97 Å². The van der Waals surface area contributed by atoms with Crippen molar-refractivity contribution in [3.63, 3.8) is 0 Å². The maximum atomic E-state index is 12.5. The zero-order chi connectivity index (χ0) is 15.9. The van der Waals surface area contributed by atoms with Crippen molar-refractivity contribution in [1.29, 1.82) is 0 Å². The van der Waals surface area contributed by atoms with Crippen LogP contribution in [0.1, 0.15) is 24.5 Å². The van der Waals surface area contributed by atoms with E-state index in [1.165, 1.54) is 0 Å². The molecule has 3 heteroatoms. The van der Waals surface area contributed by atoms with Crippen LogP contribution in [0.2, 0.25) is 0 Å². The molecular formula is C20H18O3. The summed E-state index contributed by atoms with van der Waals surface area (Å²) in [5, 5.41) is 0. The first-order chi connectivity index (χ1) is 11.2. The number of esters is 1. The minimum absolute atomic E-state index is 0.246.